The predicted molar refractivity (Wildman–Crippen MR) is 145 cm³/mol. The maximum atomic E-state index is 14.7. The van der Waals surface area contributed by atoms with Gasteiger partial charge in [0.15, 0.2) is 5.01 Å². The lowest BCUT2D eigenvalue weighted by atomic mass is 10.0. The molecule has 2 atom stereocenters. The van der Waals surface area contributed by atoms with Crippen LogP contribution >= 0.6 is 11.3 Å². The highest BCUT2D eigenvalue weighted by Gasteiger charge is 2.32. The fourth-order valence-corrected chi connectivity index (χ4v) is 5.51. The molecule has 3 heterocycles. The molecule has 0 spiro atoms. The summed E-state index contributed by atoms with van der Waals surface area (Å²) in [5.74, 6) is 0. The topological polar surface area (TPSA) is 84.3 Å². The number of aromatic nitrogens is 3. The molecule has 0 aliphatic carbocycles. The third-order valence-electron chi connectivity index (χ3n) is 6.65. The Bertz CT molecular complexity index is 1460. The molecule has 1 saturated heterocycles. The quantitative estimate of drug-likeness (QED) is 0.266. The van der Waals surface area contributed by atoms with Crippen molar-refractivity contribution in [2.75, 3.05) is 25.5 Å². The highest BCUT2D eigenvalue weighted by Crippen LogP contribution is 2.36. The van der Waals surface area contributed by atoms with Gasteiger partial charge >= 0.3 is 12.3 Å². The van der Waals surface area contributed by atoms with Crippen LogP contribution in [0.1, 0.15) is 17.0 Å². The molecule has 0 saturated carbocycles. The van der Waals surface area contributed by atoms with E-state index in [1.165, 1.54) is 0 Å². The number of ether oxygens (including phenoxy) is 1. The van der Waals surface area contributed by atoms with Crippen molar-refractivity contribution < 1.29 is 27.1 Å². The average Bonchev–Trinajstić information content (AvgIpc) is 3.53. The van der Waals surface area contributed by atoms with Crippen LogP contribution < -0.4 is 10.6 Å². The molecular formula is C27H28F4N6O2S. The number of amides is 1. The lowest BCUT2D eigenvalue weighted by molar-refractivity contribution is -0.139. The molecule has 2 N–H and O–H groups in total. The van der Waals surface area contributed by atoms with Gasteiger partial charge in [0.1, 0.15) is 24.3 Å². The predicted octanol–water partition coefficient (Wildman–Crippen LogP) is 5.60. The maximum Gasteiger partial charge on any atom is 0.407 e. The SMILES string of the molecule is CN1CC[C@H](Nc2cccc3c2cc(-c2nnc(CNC(=O)OCc4ccccc4)s2)n3CC(F)(F)F)[C@H](F)C1. The molecule has 1 aliphatic heterocycles. The number of anilines is 1. The third kappa shape index (κ3) is 6.70. The van der Waals surface area contributed by atoms with Gasteiger partial charge in [-0.05, 0) is 37.2 Å². The smallest absolute Gasteiger partial charge is 0.407 e. The number of alkyl halides is 4. The van der Waals surface area contributed by atoms with Gasteiger partial charge in [-0.15, -0.1) is 10.2 Å². The van der Waals surface area contributed by atoms with Gasteiger partial charge in [-0.2, -0.15) is 13.2 Å². The number of hydrogen-bond acceptors (Lipinski definition) is 7. The number of halogens is 4. The summed E-state index contributed by atoms with van der Waals surface area (Å²) in [7, 11) is 1.85. The van der Waals surface area contributed by atoms with Gasteiger partial charge < -0.3 is 24.8 Å². The van der Waals surface area contributed by atoms with E-state index in [2.05, 4.69) is 20.8 Å². The zero-order valence-corrected chi connectivity index (χ0v) is 22.4. The summed E-state index contributed by atoms with van der Waals surface area (Å²) in [4.78, 5) is 14.0. The Morgan fingerprint density at radius 1 is 1.15 bits per heavy atom. The number of nitrogens with one attached hydrogen (secondary N) is 2. The van der Waals surface area contributed by atoms with E-state index in [1.54, 1.807) is 24.3 Å². The van der Waals surface area contributed by atoms with E-state index >= 15 is 0 Å². The molecule has 8 nitrogen and oxygen atoms in total. The van der Waals surface area contributed by atoms with Crippen LogP contribution in [0.4, 0.5) is 28.0 Å². The lowest BCUT2D eigenvalue weighted by Gasteiger charge is -2.33. The zero-order valence-electron chi connectivity index (χ0n) is 21.6. The minimum Gasteiger partial charge on any atom is -0.445 e. The van der Waals surface area contributed by atoms with Crippen molar-refractivity contribution in [3.63, 3.8) is 0 Å². The first-order valence-electron chi connectivity index (χ1n) is 12.7. The molecule has 1 aliphatic rings. The second-order valence-corrected chi connectivity index (χ2v) is 10.8. The van der Waals surface area contributed by atoms with E-state index in [9.17, 15) is 22.4 Å². The van der Waals surface area contributed by atoms with Gasteiger partial charge in [0.05, 0.1) is 23.8 Å². The van der Waals surface area contributed by atoms with Crippen molar-refractivity contribution in [1.29, 1.82) is 0 Å². The van der Waals surface area contributed by atoms with Crippen molar-refractivity contribution in [2.24, 2.45) is 0 Å². The summed E-state index contributed by atoms with van der Waals surface area (Å²) in [6, 6.07) is 15.4. The molecule has 0 radical (unpaired) electrons. The van der Waals surface area contributed by atoms with Crippen molar-refractivity contribution in [3.8, 4) is 10.7 Å². The molecule has 1 amide bonds. The van der Waals surface area contributed by atoms with E-state index in [0.717, 1.165) is 28.0 Å². The summed E-state index contributed by atoms with van der Waals surface area (Å²) >= 11 is 1.07. The Morgan fingerprint density at radius 2 is 1.95 bits per heavy atom. The number of alkyl carbamates (subject to hydrolysis) is 1. The largest absolute Gasteiger partial charge is 0.445 e. The second-order valence-electron chi connectivity index (χ2n) is 9.70. The van der Waals surface area contributed by atoms with Crippen molar-refractivity contribution >= 4 is 34.0 Å². The van der Waals surface area contributed by atoms with E-state index in [-0.39, 0.29) is 30.4 Å². The number of fused-ring (bicyclic) bond motifs is 1. The molecule has 1 fully saturated rings. The Kier molecular flexibility index (Phi) is 8.22. The van der Waals surface area contributed by atoms with Crippen LogP contribution in [-0.2, 0) is 24.4 Å². The van der Waals surface area contributed by atoms with E-state index < -0.39 is 31.0 Å². The third-order valence-corrected chi connectivity index (χ3v) is 7.60. The van der Waals surface area contributed by atoms with Gasteiger partial charge in [0.25, 0.3) is 0 Å². The molecule has 40 heavy (non-hydrogen) atoms. The summed E-state index contributed by atoms with van der Waals surface area (Å²) in [5, 5.41) is 15.2. The minimum atomic E-state index is -4.49. The number of likely N-dealkylation sites (tertiary alicyclic amines) is 1. The van der Waals surface area contributed by atoms with E-state index in [4.69, 9.17) is 4.74 Å². The molecule has 2 aromatic carbocycles. The van der Waals surface area contributed by atoms with Crippen molar-refractivity contribution in [3.05, 3.63) is 65.2 Å². The number of carbonyl (C=O) groups is 1. The first kappa shape index (κ1) is 27.8. The molecule has 212 valence electrons. The van der Waals surface area contributed by atoms with Crippen LogP contribution in [0.5, 0.6) is 0 Å². The number of benzene rings is 2. The lowest BCUT2D eigenvalue weighted by Crippen LogP contribution is -2.46. The first-order chi connectivity index (χ1) is 19.2. The summed E-state index contributed by atoms with van der Waals surface area (Å²) in [6.45, 7) is -0.117. The number of nitrogens with zero attached hydrogens (tertiary/aromatic N) is 4. The number of hydrogen-bond donors (Lipinski definition) is 2. The fraction of sp³-hybridized carbons (Fsp3) is 0.370. The minimum absolute atomic E-state index is 0.00556. The van der Waals surface area contributed by atoms with Crippen LogP contribution in [0.25, 0.3) is 21.6 Å². The van der Waals surface area contributed by atoms with Crippen LogP contribution in [0, 0.1) is 0 Å². The van der Waals surface area contributed by atoms with Gasteiger partial charge in [-0.1, -0.05) is 47.7 Å². The first-order valence-corrected chi connectivity index (χ1v) is 13.5. The summed E-state index contributed by atoms with van der Waals surface area (Å²) in [5.41, 5.74) is 1.97. The zero-order chi connectivity index (χ0) is 28.3. The summed E-state index contributed by atoms with van der Waals surface area (Å²) in [6.07, 6.45) is -5.67. The van der Waals surface area contributed by atoms with E-state index in [0.29, 0.717) is 28.0 Å². The molecule has 5 rings (SSSR count). The highest BCUT2D eigenvalue weighted by molar-refractivity contribution is 7.14. The van der Waals surface area contributed by atoms with Gasteiger partial charge in [0.2, 0.25) is 0 Å². The van der Waals surface area contributed by atoms with Gasteiger partial charge in [-0.3, -0.25) is 0 Å². The molecule has 4 aromatic rings. The summed E-state index contributed by atoms with van der Waals surface area (Å²) < 4.78 is 61.9. The van der Waals surface area contributed by atoms with Crippen LogP contribution in [0.3, 0.4) is 0 Å². The Labute approximate surface area is 231 Å². The Hall–Kier alpha value is -3.71. The molecular weight excluding hydrogens is 548 g/mol. The van der Waals surface area contributed by atoms with Gasteiger partial charge in [0, 0.05) is 24.2 Å². The number of carbonyl (C=O) groups excluding carboxylic acids is 1. The molecule has 2 aromatic heterocycles. The van der Waals surface area contributed by atoms with Gasteiger partial charge in [-0.25, -0.2) is 9.18 Å². The van der Waals surface area contributed by atoms with Crippen LogP contribution in [0.15, 0.2) is 54.6 Å². The van der Waals surface area contributed by atoms with Crippen molar-refractivity contribution in [1.82, 2.24) is 25.0 Å². The monoisotopic (exact) mass is 576 g/mol. The van der Waals surface area contributed by atoms with Crippen molar-refractivity contribution in [2.45, 2.75) is 44.5 Å². The number of rotatable bonds is 8. The van der Waals surface area contributed by atoms with E-state index in [1.807, 2.05) is 42.3 Å². The molecule has 13 heteroatoms. The van der Waals surface area contributed by atoms with Crippen LogP contribution in [-0.4, -0.2) is 64.3 Å². The molecule has 0 unspecified atom stereocenters. The fourth-order valence-electron chi connectivity index (χ4n) is 4.71. The standard InChI is InChI=1S/C27H28F4N6O2S/c1-36-11-10-21(19(28)14-36)33-20-8-5-9-22-18(20)12-23(37(22)16-27(29,30)31)25-35-34-24(40-25)13-32-26(38)39-15-17-6-3-2-4-7-17/h2-9,12,19,21,33H,10-11,13-16H2,1H3,(H,32,38)/t19-,21+/m1/s1. The number of piperidine rings is 1. The second kappa shape index (κ2) is 11.8. The normalized spacial score (nSPS) is 18.1. The maximum absolute atomic E-state index is 14.7. The van der Waals surface area contributed by atoms with Crippen LogP contribution in [0.2, 0.25) is 0 Å². The average molecular weight is 577 g/mol. The molecule has 0 bridgehead atoms. The highest BCUT2D eigenvalue weighted by atomic mass is 32.1. The Morgan fingerprint density at radius 3 is 2.70 bits per heavy atom. The Balaban J connectivity index is 1.35.